The van der Waals surface area contributed by atoms with Crippen molar-refractivity contribution in [2.45, 2.75) is 50.2 Å². The van der Waals surface area contributed by atoms with Crippen molar-refractivity contribution in [2.24, 2.45) is 11.5 Å². The van der Waals surface area contributed by atoms with Gasteiger partial charge in [-0.15, -0.1) is 0 Å². The molecule has 0 radical (unpaired) electrons. The first-order chi connectivity index (χ1) is 14.3. The molecule has 0 aliphatic heterocycles. The number of amides is 4. The van der Waals surface area contributed by atoms with E-state index in [1.54, 1.807) is 0 Å². The summed E-state index contributed by atoms with van der Waals surface area (Å²) in [6.45, 7) is -0.792. The summed E-state index contributed by atoms with van der Waals surface area (Å²) in [7, 11) is 0. The summed E-state index contributed by atoms with van der Waals surface area (Å²) in [6, 6.07) is -4.40. The van der Waals surface area contributed by atoms with Crippen LogP contribution in [-0.2, 0) is 33.6 Å². The van der Waals surface area contributed by atoms with Crippen molar-refractivity contribution in [3.05, 3.63) is 0 Å². The van der Waals surface area contributed by atoms with Crippen LogP contribution in [0.2, 0.25) is 0 Å². The summed E-state index contributed by atoms with van der Waals surface area (Å²) in [5.74, 6) is -7.88. The van der Waals surface area contributed by atoms with E-state index >= 15 is 0 Å². The van der Waals surface area contributed by atoms with E-state index in [1.165, 1.54) is 0 Å². The average molecular weight is 447 g/mol. The summed E-state index contributed by atoms with van der Waals surface area (Å²) in [5.41, 5.74) is 10.4. The van der Waals surface area contributed by atoms with Crippen molar-refractivity contribution < 1.29 is 48.9 Å². The highest BCUT2D eigenvalue weighted by molar-refractivity contribution is 5.95. The Labute approximate surface area is 175 Å². The number of primary amides is 1. The summed E-state index contributed by atoms with van der Waals surface area (Å²) in [6.07, 6.45) is -2.49. The van der Waals surface area contributed by atoms with Gasteiger partial charge >= 0.3 is 17.9 Å². The molecule has 15 nitrogen and oxygen atoms in total. The highest BCUT2D eigenvalue weighted by Gasteiger charge is 2.29. The van der Waals surface area contributed by atoms with E-state index in [4.69, 9.17) is 26.8 Å². The van der Waals surface area contributed by atoms with E-state index in [0.717, 1.165) is 0 Å². The first-order valence-corrected chi connectivity index (χ1v) is 8.91. The van der Waals surface area contributed by atoms with Gasteiger partial charge < -0.3 is 42.7 Å². The number of hydrogen-bond donors (Lipinski definition) is 8. The van der Waals surface area contributed by atoms with Crippen LogP contribution in [0.4, 0.5) is 0 Å². The van der Waals surface area contributed by atoms with Crippen molar-refractivity contribution in [3.8, 4) is 0 Å². The lowest BCUT2D eigenvalue weighted by Gasteiger charge is -2.23. The zero-order valence-corrected chi connectivity index (χ0v) is 16.3. The van der Waals surface area contributed by atoms with E-state index in [2.05, 4.69) is 10.6 Å². The third kappa shape index (κ3) is 12.4. The summed E-state index contributed by atoms with van der Waals surface area (Å²) in [5, 5.41) is 32.5. The number of rotatable bonds is 15. The van der Waals surface area contributed by atoms with Gasteiger partial charge in [0.25, 0.3) is 0 Å². The molecule has 15 heteroatoms. The molecule has 3 atom stereocenters. The second-order valence-corrected chi connectivity index (χ2v) is 6.38. The molecule has 0 heterocycles. The molecule has 0 aliphatic carbocycles. The standard InChI is InChI=1S/C16H25N5O10/c17-7(5-10(18)22)14(29)20-9(2-4-12(25)26)16(31)21-8(1-3-11(23)24)15(30)19-6-13(27)28/h7-9H,1-6,17H2,(H2,18,22)(H,19,30)(H,20,29)(H,21,31)(H,23,24)(H,25,26)(H,27,28). The Kier molecular flexibility index (Phi) is 11.8. The number of carbonyl (C=O) groups is 7. The van der Waals surface area contributed by atoms with Crippen LogP contribution in [0.1, 0.15) is 32.1 Å². The second kappa shape index (κ2) is 13.5. The molecule has 4 amide bonds. The number of hydrogen-bond acceptors (Lipinski definition) is 8. The van der Waals surface area contributed by atoms with Crippen LogP contribution < -0.4 is 27.4 Å². The minimum Gasteiger partial charge on any atom is -0.481 e. The molecule has 31 heavy (non-hydrogen) atoms. The van der Waals surface area contributed by atoms with Crippen LogP contribution in [0.15, 0.2) is 0 Å². The summed E-state index contributed by atoms with van der Waals surface area (Å²) >= 11 is 0. The van der Waals surface area contributed by atoms with Gasteiger partial charge in [0.05, 0.1) is 12.5 Å². The molecule has 0 saturated carbocycles. The van der Waals surface area contributed by atoms with Gasteiger partial charge in [-0.25, -0.2) is 0 Å². The smallest absolute Gasteiger partial charge is 0.322 e. The predicted molar refractivity (Wildman–Crippen MR) is 100 cm³/mol. The van der Waals surface area contributed by atoms with Gasteiger partial charge in [0.15, 0.2) is 0 Å². The van der Waals surface area contributed by atoms with Gasteiger partial charge in [-0.2, -0.15) is 0 Å². The molecule has 174 valence electrons. The van der Waals surface area contributed by atoms with Gasteiger partial charge in [-0.1, -0.05) is 0 Å². The van der Waals surface area contributed by atoms with Crippen LogP contribution in [-0.4, -0.2) is 81.5 Å². The van der Waals surface area contributed by atoms with Crippen LogP contribution in [0.3, 0.4) is 0 Å². The summed E-state index contributed by atoms with van der Waals surface area (Å²) in [4.78, 5) is 79.8. The lowest BCUT2D eigenvalue weighted by Crippen LogP contribution is -2.56. The molecular weight excluding hydrogens is 422 g/mol. The normalized spacial score (nSPS) is 13.2. The molecule has 0 aromatic heterocycles. The first kappa shape index (κ1) is 27.2. The third-order valence-corrected chi connectivity index (χ3v) is 3.73. The molecule has 10 N–H and O–H groups in total. The Hall–Kier alpha value is -3.75. The first-order valence-electron chi connectivity index (χ1n) is 8.91. The molecule has 0 fully saturated rings. The highest BCUT2D eigenvalue weighted by Crippen LogP contribution is 2.04. The number of nitrogens with two attached hydrogens (primary N) is 2. The van der Waals surface area contributed by atoms with E-state index in [1.807, 2.05) is 5.32 Å². The summed E-state index contributed by atoms with van der Waals surface area (Å²) < 4.78 is 0. The third-order valence-electron chi connectivity index (χ3n) is 3.73. The topological polar surface area (TPSA) is 268 Å². The SMILES string of the molecule is NC(=O)CC(N)C(=O)NC(CCC(=O)O)C(=O)NC(CCC(=O)O)C(=O)NCC(=O)O. The highest BCUT2D eigenvalue weighted by atomic mass is 16.4. The molecule has 0 rings (SSSR count). The molecule has 0 saturated heterocycles. The van der Waals surface area contributed by atoms with Gasteiger partial charge in [-0.3, -0.25) is 33.6 Å². The van der Waals surface area contributed by atoms with Crippen LogP contribution in [0, 0.1) is 0 Å². The monoisotopic (exact) mass is 447 g/mol. The fourth-order valence-corrected chi connectivity index (χ4v) is 2.22. The minimum absolute atomic E-state index is 0.409. The quantitative estimate of drug-likeness (QED) is 0.120. The fraction of sp³-hybridized carbons (Fsp3) is 0.562. The number of aliphatic carboxylic acids is 3. The van der Waals surface area contributed by atoms with Crippen molar-refractivity contribution >= 4 is 41.5 Å². The van der Waals surface area contributed by atoms with Crippen molar-refractivity contribution in [1.29, 1.82) is 0 Å². The Morgan fingerprint density at radius 1 is 0.710 bits per heavy atom. The van der Waals surface area contributed by atoms with E-state index < -0.39 is 98.3 Å². The minimum atomic E-state index is -1.50. The molecule has 0 aromatic carbocycles. The number of carbonyl (C=O) groups excluding carboxylic acids is 4. The van der Waals surface area contributed by atoms with Crippen LogP contribution in [0.5, 0.6) is 0 Å². The lowest BCUT2D eigenvalue weighted by molar-refractivity contribution is -0.140. The zero-order valence-electron chi connectivity index (χ0n) is 16.3. The largest absolute Gasteiger partial charge is 0.481 e. The van der Waals surface area contributed by atoms with Gasteiger partial charge in [0, 0.05) is 12.8 Å². The average Bonchev–Trinajstić information content (AvgIpc) is 2.64. The van der Waals surface area contributed by atoms with Crippen molar-refractivity contribution in [3.63, 3.8) is 0 Å². The maximum absolute atomic E-state index is 12.5. The van der Waals surface area contributed by atoms with Crippen molar-refractivity contribution in [2.75, 3.05) is 6.54 Å². The fourth-order valence-electron chi connectivity index (χ4n) is 2.22. The zero-order chi connectivity index (χ0) is 24.1. The Bertz CT molecular complexity index is 726. The maximum Gasteiger partial charge on any atom is 0.322 e. The molecule has 0 aliphatic rings. The van der Waals surface area contributed by atoms with Gasteiger partial charge in [-0.05, 0) is 12.8 Å². The van der Waals surface area contributed by atoms with Crippen molar-refractivity contribution in [1.82, 2.24) is 16.0 Å². The number of nitrogens with one attached hydrogen (secondary N) is 3. The molecule has 0 aromatic rings. The number of carboxylic acids is 3. The van der Waals surface area contributed by atoms with E-state index in [-0.39, 0.29) is 0 Å². The second-order valence-electron chi connectivity index (χ2n) is 6.38. The van der Waals surface area contributed by atoms with Gasteiger partial charge in [0.1, 0.15) is 18.6 Å². The Balaban J connectivity index is 5.37. The molecular formula is C16H25N5O10. The Morgan fingerprint density at radius 3 is 1.58 bits per heavy atom. The predicted octanol–water partition coefficient (Wildman–Crippen LogP) is -3.91. The number of carboxylic acid groups (broad SMARTS) is 3. The Morgan fingerprint density at radius 2 is 1.16 bits per heavy atom. The van der Waals surface area contributed by atoms with E-state index in [0.29, 0.717) is 0 Å². The van der Waals surface area contributed by atoms with E-state index in [9.17, 15) is 33.6 Å². The molecule has 0 bridgehead atoms. The molecule has 0 spiro atoms. The van der Waals surface area contributed by atoms with Crippen LogP contribution in [0.25, 0.3) is 0 Å². The lowest BCUT2D eigenvalue weighted by atomic mass is 10.1. The van der Waals surface area contributed by atoms with Crippen LogP contribution >= 0.6 is 0 Å². The molecule has 3 unspecified atom stereocenters. The van der Waals surface area contributed by atoms with Gasteiger partial charge in [0.2, 0.25) is 23.6 Å². The maximum atomic E-state index is 12.5.